The molecule has 1 nitrogen and oxygen atoms in total. The van der Waals surface area contributed by atoms with Crippen LogP contribution in [0.4, 0.5) is 13.2 Å². The molecule has 1 aliphatic carbocycles. The number of rotatable bonds is 1. The Morgan fingerprint density at radius 2 is 2.00 bits per heavy atom. The maximum absolute atomic E-state index is 12.4. The number of hydrogen-bond acceptors (Lipinski definition) is 2. The second-order valence-electron chi connectivity index (χ2n) is 3.39. The molecule has 1 aromatic rings. The minimum Gasteiger partial charge on any atom is -0.235 e. The van der Waals surface area contributed by atoms with E-state index in [-0.39, 0.29) is 9.20 Å². The largest absolute Gasteiger partial charge is 0.434 e. The molecule has 0 saturated heterocycles. The Balaban J connectivity index is 2.40. The van der Waals surface area contributed by atoms with Crippen LogP contribution >= 0.6 is 27.3 Å². The van der Waals surface area contributed by atoms with Gasteiger partial charge in [-0.1, -0.05) is 15.9 Å². The maximum Gasteiger partial charge on any atom is 0.434 e. The SMILES string of the molecule is Cc1sc(C2(Br)CC2)nc1C(F)(F)F. The zero-order valence-corrected chi connectivity index (χ0v) is 9.68. The van der Waals surface area contributed by atoms with E-state index in [1.54, 1.807) is 0 Å². The van der Waals surface area contributed by atoms with E-state index in [2.05, 4.69) is 20.9 Å². The van der Waals surface area contributed by atoms with Crippen LogP contribution in [0.5, 0.6) is 0 Å². The molecule has 2 rings (SSSR count). The molecule has 0 unspecified atom stereocenters. The van der Waals surface area contributed by atoms with E-state index in [0.717, 1.165) is 24.2 Å². The lowest BCUT2D eigenvalue weighted by molar-refractivity contribution is -0.141. The molecule has 0 amide bonds. The number of halogens is 4. The van der Waals surface area contributed by atoms with Gasteiger partial charge in [-0.25, -0.2) is 4.98 Å². The van der Waals surface area contributed by atoms with Crippen LogP contribution in [0.15, 0.2) is 0 Å². The van der Waals surface area contributed by atoms with Crippen molar-refractivity contribution in [2.45, 2.75) is 30.3 Å². The summed E-state index contributed by atoms with van der Waals surface area (Å²) in [6, 6.07) is 0. The number of thiazole rings is 1. The average Bonchev–Trinajstić information content (AvgIpc) is 2.61. The van der Waals surface area contributed by atoms with Gasteiger partial charge >= 0.3 is 6.18 Å². The fourth-order valence-corrected chi connectivity index (χ4v) is 2.78. The molecule has 0 atom stereocenters. The van der Waals surface area contributed by atoms with Crippen molar-refractivity contribution in [2.24, 2.45) is 0 Å². The number of hydrogen-bond donors (Lipinski definition) is 0. The van der Waals surface area contributed by atoms with Crippen LogP contribution in [0.25, 0.3) is 0 Å². The molecule has 0 radical (unpaired) electrons. The number of aromatic nitrogens is 1. The highest BCUT2D eigenvalue weighted by Crippen LogP contribution is 2.55. The highest BCUT2D eigenvalue weighted by Gasteiger charge is 2.47. The molecule has 0 N–H and O–H groups in total. The fourth-order valence-electron chi connectivity index (χ4n) is 1.17. The molecule has 0 spiro atoms. The van der Waals surface area contributed by atoms with Gasteiger partial charge in [0.1, 0.15) is 5.01 Å². The molecule has 1 heterocycles. The van der Waals surface area contributed by atoms with Gasteiger partial charge < -0.3 is 0 Å². The van der Waals surface area contributed by atoms with Crippen LogP contribution in [0.3, 0.4) is 0 Å². The molecule has 1 saturated carbocycles. The second-order valence-corrected chi connectivity index (χ2v) is 6.11. The molecular weight excluding hydrogens is 279 g/mol. The van der Waals surface area contributed by atoms with E-state index in [4.69, 9.17) is 0 Å². The zero-order valence-electron chi connectivity index (χ0n) is 7.28. The third-order valence-corrected chi connectivity index (χ3v) is 4.74. The molecule has 78 valence electrons. The molecule has 0 aliphatic heterocycles. The lowest BCUT2D eigenvalue weighted by Crippen LogP contribution is -2.08. The van der Waals surface area contributed by atoms with Crippen molar-refractivity contribution in [3.63, 3.8) is 0 Å². The standard InChI is InChI=1S/C8H7BrF3NS/c1-4-5(8(10,11)12)13-6(14-4)7(9)2-3-7/h2-3H2,1H3. The van der Waals surface area contributed by atoms with Gasteiger partial charge in [0.25, 0.3) is 0 Å². The molecule has 14 heavy (non-hydrogen) atoms. The maximum atomic E-state index is 12.4. The summed E-state index contributed by atoms with van der Waals surface area (Å²) in [5, 5.41) is 0.558. The first-order valence-electron chi connectivity index (χ1n) is 4.07. The Kier molecular flexibility index (Phi) is 2.19. The van der Waals surface area contributed by atoms with Crippen molar-refractivity contribution in [1.82, 2.24) is 4.98 Å². The normalized spacial score (nSPS) is 19.8. The van der Waals surface area contributed by atoms with Crippen molar-refractivity contribution < 1.29 is 13.2 Å². The smallest absolute Gasteiger partial charge is 0.235 e. The summed E-state index contributed by atoms with van der Waals surface area (Å²) in [4.78, 5) is 3.91. The Morgan fingerprint density at radius 3 is 2.36 bits per heavy atom. The number of aryl methyl sites for hydroxylation is 1. The van der Waals surface area contributed by atoms with E-state index in [1.165, 1.54) is 6.92 Å². The van der Waals surface area contributed by atoms with Gasteiger partial charge in [-0.05, 0) is 19.8 Å². The first-order chi connectivity index (χ1) is 6.33. The molecule has 1 aromatic heterocycles. The summed E-state index contributed by atoms with van der Waals surface area (Å²) < 4.78 is 36.9. The third-order valence-electron chi connectivity index (χ3n) is 2.14. The predicted octanol–water partition coefficient (Wildman–Crippen LogP) is 3.85. The minimum atomic E-state index is -4.32. The van der Waals surface area contributed by atoms with Crippen molar-refractivity contribution >= 4 is 27.3 Å². The highest BCUT2D eigenvalue weighted by atomic mass is 79.9. The lowest BCUT2D eigenvalue weighted by Gasteiger charge is -2.02. The van der Waals surface area contributed by atoms with Gasteiger partial charge in [-0.15, -0.1) is 11.3 Å². The van der Waals surface area contributed by atoms with Crippen LogP contribution in [-0.4, -0.2) is 4.98 Å². The number of alkyl halides is 4. The summed E-state index contributed by atoms with van der Waals surface area (Å²) in [6.45, 7) is 1.46. The van der Waals surface area contributed by atoms with E-state index in [9.17, 15) is 13.2 Å². The quantitative estimate of drug-likeness (QED) is 0.714. The topological polar surface area (TPSA) is 12.9 Å². The lowest BCUT2D eigenvalue weighted by atomic mass is 10.3. The Morgan fingerprint density at radius 1 is 1.43 bits per heavy atom. The van der Waals surface area contributed by atoms with E-state index in [0.29, 0.717) is 5.01 Å². The molecule has 6 heteroatoms. The van der Waals surface area contributed by atoms with Crippen LogP contribution in [0, 0.1) is 6.92 Å². The summed E-state index contributed by atoms with van der Waals surface area (Å²) in [5.74, 6) is 0. The Bertz CT molecular complexity index is 367. The average molecular weight is 286 g/mol. The summed E-state index contributed by atoms with van der Waals surface area (Å²) >= 11 is 4.53. The minimum absolute atomic E-state index is 0.248. The first-order valence-corrected chi connectivity index (χ1v) is 5.68. The zero-order chi connectivity index (χ0) is 10.6. The highest BCUT2D eigenvalue weighted by molar-refractivity contribution is 9.09. The van der Waals surface area contributed by atoms with Gasteiger partial charge in [0.05, 0.1) is 4.32 Å². The van der Waals surface area contributed by atoms with Crippen LogP contribution in [0.2, 0.25) is 0 Å². The third kappa shape index (κ3) is 1.69. The van der Waals surface area contributed by atoms with Gasteiger partial charge in [-0.2, -0.15) is 13.2 Å². The van der Waals surface area contributed by atoms with Crippen LogP contribution in [-0.2, 0) is 10.5 Å². The van der Waals surface area contributed by atoms with Gasteiger partial charge in [-0.3, -0.25) is 0 Å². The number of nitrogens with zero attached hydrogens (tertiary/aromatic N) is 1. The fraction of sp³-hybridized carbons (Fsp3) is 0.625. The molecule has 1 aliphatic rings. The molecule has 0 aromatic carbocycles. The predicted molar refractivity (Wildman–Crippen MR) is 51.7 cm³/mol. The van der Waals surface area contributed by atoms with Crippen LogP contribution in [0.1, 0.15) is 28.4 Å². The Hall–Kier alpha value is -0.100. The second kappa shape index (κ2) is 2.95. The monoisotopic (exact) mass is 285 g/mol. The summed E-state index contributed by atoms with van der Waals surface area (Å²) in [6.07, 6.45) is -2.58. The van der Waals surface area contributed by atoms with Crippen molar-refractivity contribution in [3.05, 3.63) is 15.6 Å². The molecular formula is C8H7BrF3NS. The first kappa shape index (κ1) is 10.4. The van der Waals surface area contributed by atoms with Crippen LogP contribution < -0.4 is 0 Å². The van der Waals surface area contributed by atoms with Gasteiger partial charge in [0.15, 0.2) is 5.69 Å². The van der Waals surface area contributed by atoms with Crippen molar-refractivity contribution in [1.29, 1.82) is 0 Å². The molecule has 0 bridgehead atoms. The van der Waals surface area contributed by atoms with Gasteiger partial charge in [0, 0.05) is 4.88 Å². The van der Waals surface area contributed by atoms with E-state index < -0.39 is 11.9 Å². The summed E-state index contributed by atoms with van der Waals surface area (Å²) in [7, 11) is 0. The van der Waals surface area contributed by atoms with Crippen molar-refractivity contribution in [3.8, 4) is 0 Å². The Labute approximate surface area is 91.5 Å². The van der Waals surface area contributed by atoms with E-state index >= 15 is 0 Å². The van der Waals surface area contributed by atoms with Gasteiger partial charge in [0.2, 0.25) is 0 Å². The van der Waals surface area contributed by atoms with Crippen molar-refractivity contribution in [2.75, 3.05) is 0 Å². The molecule has 1 fully saturated rings. The summed E-state index contributed by atoms with van der Waals surface area (Å²) in [5.41, 5.74) is -0.733. The van der Waals surface area contributed by atoms with E-state index in [1.807, 2.05) is 0 Å².